The number of nitrogens with zero attached hydrogens (tertiary/aromatic N) is 3. The maximum atomic E-state index is 12.1. The molecule has 2 aromatic carbocycles. The van der Waals surface area contributed by atoms with E-state index in [2.05, 4.69) is 25.3 Å². The van der Waals surface area contributed by atoms with Gasteiger partial charge in [0.05, 0.1) is 12.1 Å². The number of para-hydroxylation sites is 1. The molecule has 3 N–H and O–H groups in total. The predicted octanol–water partition coefficient (Wildman–Crippen LogP) is 4.14. The molecule has 0 aliphatic rings. The van der Waals surface area contributed by atoms with E-state index in [9.17, 15) is 8.42 Å². The first-order chi connectivity index (χ1) is 15.6. The molecule has 0 fully saturated rings. The van der Waals surface area contributed by atoms with Crippen LogP contribution in [0.3, 0.4) is 0 Å². The van der Waals surface area contributed by atoms with Crippen molar-refractivity contribution in [3.8, 4) is 5.75 Å². The van der Waals surface area contributed by atoms with Gasteiger partial charge in [-0.15, -0.1) is 0 Å². The van der Waals surface area contributed by atoms with E-state index in [-0.39, 0.29) is 6.54 Å². The molecule has 176 valence electrons. The van der Waals surface area contributed by atoms with E-state index in [1.54, 1.807) is 19.4 Å². The monoisotopic (exact) mass is 490 g/mol. The maximum absolute atomic E-state index is 12.1. The quantitative estimate of drug-likeness (QED) is 0.413. The summed E-state index contributed by atoms with van der Waals surface area (Å²) in [7, 11) is 0.978. The summed E-state index contributed by atoms with van der Waals surface area (Å²) in [5.41, 5.74) is 3.94. The number of hydrogen-bond donors (Lipinski definition) is 3. The molecule has 3 aromatic rings. The smallest absolute Gasteiger partial charge is 0.279 e. The Hall–Kier alpha value is -2.92. The lowest BCUT2D eigenvalue weighted by molar-refractivity contribution is 0.412. The molecular weight excluding hydrogens is 464 g/mol. The number of aryl methyl sites for hydroxylation is 2. The minimum atomic E-state index is -3.55. The molecule has 0 saturated carbocycles. The van der Waals surface area contributed by atoms with E-state index in [0.717, 1.165) is 32.4 Å². The predicted molar refractivity (Wildman–Crippen MR) is 132 cm³/mol. The molecule has 1 aromatic heterocycles. The fourth-order valence-corrected chi connectivity index (χ4v) is 3.98. The normalized spacial score (nSPS) is 11.5. The van der Waals surface area contributed by atoms with Gasteiger partial charge in [0.15, 0.2) is 0 Å². The van der Waals surface area contributed by atoms with Crippen LogP contribution in [-0.2, 0) is 16.8 Å². The van der Waals surface area contributed by atoms with Crippen LogP contribution in [0.5, 0.6) is 5.75 Å². The van der Waals surface area contributed by atoms with Crippen molar-refractivity contribution in [3.05, 3.63) is 64.3 Å². The second-order valence-electron chi connectivity index (χ2n) is 7.55. The Morgan fingerprint density at radius 2 is 1.82 bits per heavy atom. The minimum absolute atomic E-state index is 0.128. The van der Waals surface area contributed by atoms with Crippen molar-refractivity contribution in [1.82, 2.24) is 19.0 Å². The fourth-order valence-electron chi connectivity index (χ4n) is 3.04. The molecule has 0 atom stereocenters. The number of methoxy groups -OCH3 is 1. The van der Waals surface area contributed by atoms with Crippen molar-refractivity contribution in [2.45, 2.75) is 20.4 Å². The van der Waals surface area contributed by atoms with Crippen LogP contribution >= 0.6 is 11.6 Å². The molecule has 11 heteroatoms. The molecule has 1 heterocycles. The molecule has 33 heavy (non-hydrogen) atoms. The van der Waals surface area contributed by atoms with Gasteiger partial charge in [-0.3, -0.25) is 0 Å². The van der Waals surface area contributed by atoms with E-state index in [1.807, 2.05) is 44.2 Å². The van der Waals surface area contributed by atoms with Crippen molar-refractivity contribution in [3.63, 3.8) is 0 Å². The van der Waals surface area contributed by atoms with Gasteiger partial charge in [-0.25, -0.2) is 4.98 Å². The highest BCUT2D eigenvalue weighted by Gasteiger charge is 2.14. The van der Waals surface area contributed by atoms with Crippen LogP contribution < -0.4 is 20.1 Å². The molecule has 0 saturated heterocycles. The Morgan fingerprint density at radius 1 is 1.09 bits per heavy atom. The topological polar surface area (TPSA) is 108 Å². The van der Waals surface area contributed by atoms with Gasteiger partial charge in [-0.2, -0.15) is 22.4 Å². The van der Waals surface area contributed by atoms with E-state index >= 15 is 0 Å². The lowest BCUT2D eigenvalue weighted by Gasteiger charge is -2.16. The first-order valence-corrected chi connectivity index (χ1v) is 11.9. The Labute approximate surface area is 199 Å². The number of anilines is 4. The van der Waals surface area contributed by atoms with Crippen molar-refractivity contribution in [2.24, 2.45) is 0 Å². The molecule has 0 radical (unpaired) electrons. The molecule has 0 aliphatic carbocycles. The van der Waals surface area contributed by atoms with Crippen molar-refractivity contribution in [1.29, 1.82) is 0 Å². The van der Waals surface area contributed by atoms with Crippen LogP contribution in [0.2, 0.25) is 5.02 Å². The summed E-state index contributed by atoms with van der Waals surface area (Å²) < 4.78 is 33.2. The van der Waals surface area contributed by atoms with Gasteiger partial charge >= 0.3 is 0 Å². The van der Waals surface area contributed by atoms with Gasteiger partial charge in [-0.1, -0.05) is 29.8 Å². The van der Waals surface area contributed by atoms with E-state index < -0.39 is 10.2 Å². The molecule has 0 spiro atoms. The Balaban J connectivity index is 1.83. The highest BCUT2D eigenvalue weighted by Crippen LogP contribution is 2.32. The highest BCUT2D eigenvalue weighted by molar-refractivity contribution is 7.87. The van der Waals surface area contributed by atoms with Gasteiger partial charge < -0.3 is 15.4 Å². The van der Waals surface area contributed by atoms with Gasteiger partial charge in [-0.05, 0) is 43.2 Å². The van der Waals surface area contributed by atoms with E-state index in [1.165, 1.54) is 14.1 Å². The van der Waals surface area contributed by atoms with Gasteiger partial charge in [0.1, 0.15) is 11.6 Å². The summed E-state index contributed by atoms with van der Waals surface area (Å²) in [4.78, 5) is 8.94. The number of rotatable bonds is 9. The third-order valence-electron chi connectivity index (χ3n) is 4.86. The number of ether oxygens (including phenoxy) is 1. The van der Waals surface area contributed by atoms with Crippen LogP contribution in [0.25, 0.3) is 0 Å². The van der Waals surface area contributed by atoms with E-state index in [4.69, 9.17) is 16.3 Å². The molecule has 0 aliphatic heterocycles. The SMILES string of the molecule is COc1c(C)cc(Nc2ncc(C)c(Nc3ccccc3CNS(=O)(=O)N(C)C)n2)cc1Cl. The van der Waals surface area contributed by atoms with Gasteiger partial charge in [0, 0.05) is 43.8 Å². The van der Waals surface area contributed by atoms with E-state index in [0.29, 0.717) is 22.5 Å². The van der Waals surface area contributed by atoms with Crippen molar-refractivity contribution >= 4 is 45.0 Å². The number of halogens is 1. The first-order valence-electron chi connectivity index (χ1n) is 10.1. The zero-order chi connectivity index (χ0) is 24.2. The largest absolute Gasteiger partial charge is 0.495 e. The lowest BCUT2D eigenvalue weighted by Crippen LogP contribution is -2.35. The fraction of sp³-hybridized carbons (Fsp3) is 0.273. The van der Waals surface area contributed by atoms with Crippen molar-refractivity contribution < 1.29 is 13.2 Å². The lowest BCUT2D eigenvalue weighted by atomic mass is 10.1. The average molecular weight is 491 g/mol. The molecule has 0 amide bonds. The molecule has 3 rings (SSSR count). The summed E-state index contributed by atoms with van der Waals surface area (Å²) in [6.45, 7) is 3.92. The van der Waals surface area contributed by atoms with Crippen LogP contribution in [0.4, 0.5) is 23.1 Å². The summed E-state index contributed by atoms with van der Waals surface area (Å²) in [5.74, 6) is 1.59. The molecule has 9 nitrogen and oxygen atoms in total. The number of hydrogen-bond acceptors (Lipinski definition) is 7. The Bertz CT molecular complexity index is 1230. The van der Waals surface area contributed by atoms with Crippen LogP contribution in [0.1, 0.15) is 16.7 Å². The Morgan fingerprint density at radius 3 is 2.48 bits per heavy atom. The number of nitrogens with one attached hydrogen (secondary N) is 3. The zero-order valence-corrected chi connectivity index (χ0v) is 20.7. The Kier molecular flexibility index (Phi) is 7.75. The first kappa shape index (κ1) is 24.7. The summed E-state index contributed by atoms with van der Waals surface area (Å²) in [6, 6.07) is 11.1. The summed E-state index contributed by atoms with van der Waals surface area (Å²) >= 11 is 6.29. The van der Waals surface area contributed by atoms with Crippen LogP contribution in [0.15, 0.2) is 42.6 Å². The van der Waals surface area contributed by atoms with Gasteiger partial charge in [0.2, 0.25) is 5.95 Å². The number of benzene rings is 2. The highest BCUT2D eigenvalue weighted by atomic mass is 35.5. The van der Waals surface area contributed by atoms with Crippen molar-refractivity contribution in [2.75, 3.05) is 31.8 Å². The molecular formula is C22H27ClN6O3S. The maximum Gasteiger partial charge on any atom is 0.279 e. The van der Waals surface area contributed by atoms with Crippen LogP contribution in [-0.4, -0.2) is 43.9 Å². The third-order valence-corrected chi connectivity index (χ3v) is 6.61. The van der Waals surface area contributed by atoms with Crippen LogP contribution in [0, 0.1) is 13.8 Å². The standard InChI is InChI=1S/C22H27ClN6O3S/c1-14-10-17(11-18(23)20(14)32-5)26-22-24-12-15(2)21(28-22)27-19-9-7-6-8-16(19)13-25-33(30,31)29(3)4/h6-12,25H,13H2,1-5H3,(H2,24,26,27,28). The average Bonchev–Trinajstić information content (AvgIpc) is 2.75. The second kappa shape index (κ2) is 10.3. The number of aromatic nitrogens is 2. The van der Waals surface area contributed by atoms with Gasteiger partial charge in [0.25, 0.3) is 10.2 Å². The summed E-state index contributed by atoms with van der Waals surface area (Å²) in [6.07, 6.45) is 1.70. The zero-order valence-electron chi connectivity index (χ0n) is 19.1. The molecule has 0 bridgehead atoms. The third kappa shape index (κ3) is 6.11. The molecule has 0 unspecified atom stereocenters. The minimum Gasteiger partial charge on any atom is -0.495 e. The summed E-state index contributed by atoms with van der Waals surface area (Å²) in [5, 5.41) is 6.94. The second-order valence-corrected chi connectivity index (χ2v) is 9.93.